The first-order chi connectivity index (χ1) is 9.21. The van der Waals surface area contributed by atoms with E-state index >= 15 is 0 Å². The summed E-state index contributed by atoms with van der Waals surface area (Å²) in [6, 6.07) is 5.85. The molecule has 3 N–H and O–H groups in total. The number of hydrogen-bond acceptors (Lipinski definition) is 3. The number of nitrogens with zero attached hydrogens (tertiary/aromatic N) is 1. The first kappa shape index (κ1) is 17.1. The third kappa shape index (κ3) is 5.99. The van der Waals surface area contributed by atoms with E-state index in [0.717, 1.165) is 30.0 Å². The van der Waals surface area contributed by atoms with Gasteiger partial charge in [-0.1, -0.05) is 19.9 Å². The minimum absolute atomic E-state index is 0.450. The summed E-state index contributed by atoms with van der Waals surface area (Å²) >= 11 is 0. The number of ether oxygens (including phenoxy) is 2. The zero-order chi connectivity index (χ0) is 14.7. The molecule has 0 atom stereocenters. The van der Waals surface area contributed by atoms with Gasteiger partial charge in [-0.05, 0) is 24.1 Å². The van der Waals surface area contributed by atoms with E-state index in [1.807, 2.05) is 32.0 Å². The zero-order valence-corrected chi connectivity index (χ0v) is 12.5. The Morgan fingerprint density at radius 3 is 2.37 bits per heavy atom. The van der Waals surface area contributed by atoms with Crippen LogP contribution in [0.15, 0.2) is 23.2 Å². The molecule has 0 aliphatic heterocycles. The maximum Gasteiger partial charge on any atom is 0.188 e. The second kappa shape index (κ2) is 10.1. The van der Waals surface area contributed by atoms with Crippen molar-refractivity contribution in [3.05, 3.63) is 23.8 Å². The van der Waals surface area contributed by atoms with Crippen molar-refractivity contribution in [2.45, 2.75) is 20.3 Å². The number of nitrogens with two attached hydrogens (primary N) is 1. The average molecular weight is 267 g/mol. The van der Waals surface area contributed by atoms with Gasteiger partial charge >= 0.3 is 0 Å². The molecule has 0 spiro atoms. The minimum Gasteiger partial charge on any atom is -0.493 e. The van der Waals surface area contributed by atoms with E-state index in [-0.39, 0.29) is 0 Å². The lowest BCUT2D eigenvalue weighted by molar-refractivity contribution is 0.354. The minimum atomic E-state index is 0.450. The van der Waals surface area contributed by atoms with E-state index in [1.54, 1.807) is 21.3 Å². The normalized spacial score (nSPS) is 10.3. The highest BCUT2D eigenvalue weighted by molar-refractivity contribution is 5.77. The number of aliphatic imine (C=N–C) groups is 1. The Morgan fingerprint density at radius 1 is 1.21 bits per heavy atom. The fourth-order valence-electron chi connectivity index (χ4n) is 1.45. The summed E-state index contributed by atoms with van der Waals surface area (Å²) in [7, 11) is 4.90. The number of rotatable bonds is 5. The van der Waals surface area contributed by atoms with Gasteiger partial charge in [-0.15, -0.1) is 0 Å². The highest BCUT2D eigenvalue weighted by Crippen LogP contribution is 2.27. The fourth-order valence-corrected chi connectivity index (χ4v) is 1.45. The Morgan fingerprint density at radius 2 is 1.84 bits per heavy atom. The Bertz CT molecular complexity index is 392. The van der Waals surface area contributed by atoms with E-state index in [4.69, 9.17) is 15.2 Å². The van der Waals surface area contributed by atoms with Crippen LogP contribution in [0.2, 0.25) is 0 Å². The SMILES string of the molecule is CC.CN=C(N)NCCc1ccc(OC)c(OC)c1. The van der Waals surface area contributed by atoms with E-state index in [2.05, 4.69) is 10.3 Å². The van der Waals surface area contributed by atoms with Gasteiger partial charge in [0.15, 0.2) is 17.5 Å². The highest BCUT2D eigenvalue weighted by Gasteiger charge is 2.04. The third-order valence-corrected chi connectivity index (χ3v) is 2.41. The van der Waals surface area contributed by atoms with Crippen molar-refractivity contribution in [3.8, 4) is 11.5 Å². The molecule has 0 saturated carbocycles. The van der Waals surface area contributed by atoms with Gasteiger partial charge in [0.2, 0.25) is 0 Å². The summed E-state index contributed by atoms with van der Waals surface area (Å²) < 4.78 is 10.4. The van der Waals surface area contributed by atoms with Crippen molar-refractivity contribution >= 4 is 5.96 Å². The smallest absolute Gasteiger partial charge is 0.188 e. The Kier molecular flexibility index (Phi) is 9.04. The van der Waals surface area contributed by atoms with E-state index < -0.39 is 0 Å². The predicted octanol–water partition coefficient (Wildman–Crippen LogP) is 1.81. The molecule has 1 aromatic carbocycles. The van der Waals surface area contributed by atoms with Crippen molar-refractivity contribution in [3.63, 3.8) is 0 Å². The Hall–Kier alpha value is -1.91. The molecule has 0 unspecified atom stereocenters. The third-order valence-electron chi connectivity index (χ3n) is 2.41. The molecule has 0 amide bonds. The van der Waals surface area contributed by atoms with Crippen molar-refractivity contribution < 1.29 is 9.47 Å². The first-order valence-electron chi connectivity index (χ1n) is 6.38. The highest BCUT2D eigenvalue weighted by atomic mass is 16.5. The summed E-state index contributed by atoms with van der Waals surface area (Å²) in [4.78, 5) is 3.82. The summed E-state index contributed by atoms with van der Waals surface area (Å²) in [5.41, 5.74) is 6.68. The monoisotopic (exact) mass is 267 g/mol. The van der Waals surface area contributed by atoms with Gasteiger partial charge in [0.25, 0.3) is 0 Å². The molecule has 1 aromatic rings. The second-order valence-corrected chi connectivity index (χ2v) is 3.47. The van der Waals surface area contributed by atoms with Crippen LogP contribution in [0.4, 0.5) is 0 Å². The van der Waals surface area contributed by atoms with Crippen LogP contribution in [0.25, 0.3) is 0 Å². The number of hydrogen-bond donors (Lipinski definition) is 2. The van der Waals surface area contributed by atoms with Crippen LogP contribution in [0.1, 0.15) is 19.4 Å². The van der Waals surface area contributed by atoms with Gasteiger partial charge in [0.1, 0.15) is 0 Å². The van der Waals surface area contributed by atoms with Crippen molar-refractivity contribution in [2.75, 3.05) is 27.8 Å². The maximum atomic E-state index is 5.53. The van der Waals surface area contributed by atoms with Gasteiger partial charge in [-0.2, -0.15) is 0 Å². The van der Waals surface area contributed by atoms with Crippen LogP contribution in [0.5, 0.6) is 11.5 Å². The molecule has 19 heavy (non-hydrogen) atoms. The molecule has 0 radical (unpaired) electrons. The van der Waals surface area contributed by atoms with Crippen LogP contribution >= 0.6 is 0 Å². The fraction of sp³-hybridized carbons (Fsp3) is 0.500. The maximum absolute atomic E-state index is 5.53. The first-order valence-corrected chi connectivity index (χ1v) is 6.38. The van der Waals surface area contributed by atoms with Crippen LogP contribution in [-0.4, -0.2) is 33.8 Å². The van der Waals surface area contributed by atoms with Crippen LogP contribution < -0.4 is 20.5 Å². The van der Waals surface area contributed by atoms with Crippen molar-refractivity contribution in [1.29, 1.82) is 0 Å². The van der Waals surface area contributed by atoms with E-state index in [9.17, 15) is 0 Å². The topological polar surface area (TPSA) is 68.9 Å². The second-order valence-electron chi connectivity index (χ2n) is 3.47. The largest absolute Gasteiger partial charge is 0.493 e. The van der Waals surface area contributed by atoms with Gasteiger partial charge in [-0.3, -0.25) is 4.99 Å². The van der Waals surface area contributed by atoms with Crippen LogP contribution in [-0.2, 0) is 6.42 Å². The molecule has 0 fully saturated rings. The number of benzene rings is 1. The zero-order valence-electron chi connectivity index (χ0n) is 12.5. The standard InChI is InChI=1S/C12H19N3O2.C2H6/c1-14-12(13)15-7-6-9-4-5-10(16-2)11(8-9)17-3;1-2/h4-5,8H,6-7H2,1-3H3,(H3,13,14,15);1-2H3. The summed E-state index contributed by atoms with van der Waals surface area (Å²) in [5, 5.41) is 3.00. The number of methoxy groups -OCH3 is 2. The molecular formula is C14H25N3O2. The van der Waals surface area contributed by atoms with Gasteiger partial charge in [0.05, 0.1) is 14.2 Å². The molecule has 0 aliphatic rings. The number of nitrogens with one attached hydrogen (secondary N) is 1. The molecule has 0 saturated heterocycles. The van der Waals surface area contributed by atoms with Gasteiger partial charge in [0, 0.05) is 13.6 Å². The predicted molar refractivity (Wildman–Crippen MR) is 80.1 cm³/mol. The number of guanidine groups is 1. The average Bonchev–Trinajstić information content (AvgIpc) is 2.48. The lowest BCUT2D eigenvalue weighted by Gasteiger charge is -2.10. The molecule has 0 heterocycles. The molecule has 5 heteroatoms. The molecule has 0 aromatic heterocycles. The molecular weight excluding hydrogens is 242 g/mol. The quantitative estimate of drug-likeness (QED) is 0.630. The molecule has 108 valence electrons. The summed E-state index contributed by atoms with van der Waals surface area (Å²) in [5.74, 6) is 1.92. The van der Waals surface area contributed by atoms with E-state index in [1.165, 1.54) is 0 Å². The summed E-state index contributed by atoms with van der Waals surface area (Å²) in [6.07, 6.45) is 0.844. The summed E-state index contributed by atoms with van der Waals surface area (Å²) in [6.45, 7) is 4.73. The van der Waals surface area contributed by atoms with E-state index in [0.29, 0.717) is 5.96 Å². The van der Waals surface area contributed by atoms with Crippen molar-refractivity contribution in [2.24, 2.45) is 10.7 Å². The molecule has 5 nitrogen and oxygen atoms in total. The lowest BCUT2D eigenvalue weighted by Crippen LogP contribution is -2.32. The molecule has 0 bridgehead atoms. The Labute approximate surface area is 115 Å². The Balaban J connectivity index is 0.00000154. The van der Waals surface area contributed by atoms with Crippen molar-refractivity contribution in [1.82, 2.24) is 5.32 Å². The van der Waals surface area contributed by atoms with Crippen LogP contribution in [0.3, 0.4) is 0 Å². The molecule has 0 aliphatic carbocycles. The van der Waals surface area contributed by atoms with Gasteiger partial charge in [-0.25, -0.2) is 0 Å². The van der Waals surface area contributed by atoms with Crippen LogP contribution in [0, 0.1) is 0 Å². The molecule has 1 rings (SSSR count). The lowest BCUT2D eigenvalue weighted by atomic mass is 10.1. The van der Waals surface area contributed by atoms with Gasteiger partial charge < -0.3 is 20.5 Å².